The molecule has 1 heterocycles. The van der Waals surface area contributed by atoms with E-state index in [1.165, 1.54) is 36.5 Å². The lowest BCUT2D eigenvalue weighted by molar-refractivity contribution is -0.136. The van der Waals surface area contributed by atoms with Gasteiger partial charge in [-0.25, -0.2) is 18.6 Å². The van der Waals surface area contributed by atoms with Crippen molar-refractivity contribution in [2.45, 2.75) is 11.4 Å². The number of halogens is 2. The summed E-state index contributed by atoms with van der Waals surface area (Å²) in [7, 11) is -3.74. The van der Waals surface area contributed by atoms with Crippen molar-refractivity contribution in [3.63, 3.8) is 0 Å². The molecular weight excluding hydrogens is 524 g/mol. The molecule has 0 radical (unpaired) electrons. The second-order valence-corrected chi connectivity index (χ2v) is 9.27. The third kappa shape index (κ3) is 6.50. The van der Waals surface area contributed by atoms with Crippen LogP contribution in [0, 0.1) is 0 Å². The Morgan fingerprint density at radius 1 is 1.03 bits per heavy atom. The van der Waals surface area contributed by atoms with Crippen molar-refractivity contribution in [3.05, 3.63) is 81.7 Å². The summed E-state index contributed by atoms with van der Waals surface area (Å²) in [5.41, 5.74) is 2.52. The highest BCUT2D eigenvalue weighted by Crippen LogP contribution is 2.21. The minimum absolute atomic E-state index is 0.0683. The largest absolute Gasteiger partial charge is 0.459 e. The van der Waals surface area contributed by atoms with Crippen LogP contribution in [0.4, 0.5) is 5.69 Å². The van der Waals surface area contributed by atoms with E-state index in [1.54, 1.807) is 30.3 Å². The normalized spacial score (nSPS) is 11.4. The molecule has 0 aliphatic heterocycles. The summed E-state index contributed by atoms with van der Waals surface area (Å²) < 4.78 is 33.0. The Morgan fingerprint density at radius 2 is 1.75 bits per heavy atom. The topological polar surface area (TPSA) is 130 Å². The Bertz CT molecular complexity index is 1260. The van der Waals surface area contributed by atoms with Gasteiger partial charge in [-0.3, -0.25) is 9.59 Å². The Balaban J connectivity index is 1.51. The predicted octanol–water partition coefficient (Wildman–Crippen LogP) is 3.26. The molecule has 9 nitrogen and oxygen atoms in total. The number of carbonyl (C=O) groups is 2. The van der Waals surface area contributed by atoms with E-state index in [9.17, 15) is 18.0 Å². The standard InChI is InChI=1S/C20H16BrClN4O5S/c21-17-3-1-2-4-18(17)25-19(27)20(28)26-23-11-14-7-8-15(31-14)12-24-32(29,30)16-9-5-13(22)6-10-16/h1-11,24H,12H2,(H,25,27)(H,26,28)/b23-11+. The van der Waals surface area contributed by atoms with Crippen LogP contribution in [0.5, 0.6) is 0 Å². The van der Waals surface area contributed by atoms with Crippen molar-refractivity contribution in [2.75, 3.05) is 5.32 Å². The van der Waals surface area contributed by atoms with Crippen LogP contribution < -0.4 is 15.5 Å². The zero-order valence-corrected chi connectivity index (χ0v) is 19.4. The molecule has 3 aromatic rings. The van der Waals surface area contributed by atoms with Crippen molar-refractivity contribution in [1.29, 1.82) is 0 Å². The molecule has 0 aliphatic rings. The van der Waals surface area contributed by atoms with Crippen molar-refractivity contribution in [3.8, 4) is 0 Å². The Morgan fingerprint density at radius 3 is 2.47 bits per heavy atom. The zero-order valence-electron chi connectivity index (χ0n) is 16.2. The summed E-state index contributed by atoms with van der Waals surface area (Å²) in [4.78, 5) is 23.8. The number of hydrazone groups is 1. The van der Waals surface area contributed by atoms with Crippen LogP contribution in [-0.4, -0.2) is 26.4 Å². The molecule has 0 bridgehead atoms. The van der Waals surface area contributed by atoms with Gasteiger partial charge in [0.25, 0.3) is 0 Å². The predicted molar refractivity (Wildman–Crippen MR) is 123 cm³/mol. The summed E-state index contributed by atoms with van der Waals surface area (Å²) >= 11 is 9.03. The van der Waals surface area contributed by atoms with Crippen molar-refractivity contribution < 1.29 is 22.4 Å². The average Bonchev–Trinajstić information content (AvgIpc) is 3.22. The van der Waals surface area contributed by atoms with Gasteiger partial charge < -0.3 is 9.73 Å². The number of nitrogens with zero attached hydrogens (tertiary/aromatic N) is 1. The Kier molecular flexibility index (Phi) is 7.80. The molecule has 0 unspecified atom stereocenters. The van der Waals surface area contributed by atoms with Gasteiger partial charge in [-0.2, -0.15) is 5.10 Å². The van der Waals surface area contributed by atoms with Crippen LogP contribution in [0.15, 0.2) is 79.6 Å². The molecule has 32 heavy (non-hydrogen) atoms. The minimum atomic E-state index is -3.74. The third-order valence-electron chi connectivity index (χ3n) is 3.93. The number of furan rings is 1. The fourth-order valence-corrected chi connectivity index (χ4v) is 3.87. The first-order valence-electron chi connectivity index (χ1n) is 8.97. The number of benzene rings is 2. The van der Waals surface area contributed by atoms with Gasteiger partial charge in [-0.1, -0.05) is 23.7 Å². The Hall–Kier alpha value is -2.99. The number of hydrogen-bond donors (Lipinski definition) is 3. The van der Waals surface area contributed by atoms with Gasteiger partial charge in [0.05, 0.1) is 23.3 Å². The number of amides is 2. The molecule has 0 saturated heterocycles. The molecule has 0 saturated carbocycles. The molecule has 0 fully saturated rings. The molecular formula is C20H16BrClN4O5S. The molecule has 3 N–H and O–H groups in total. The van der Waals surface area contributed by atoms with E-state index in [4.69, 9.17) is 16.0 Å². The number of nitrogens with one attached hydrogen (secondary N) is 3. The smallest absolute Gasteiger partial charge is 0.329 e. The molecule has 2 aromatic carbocycles. The monoisotopic (exact) mass is 538 g/mol. The van der Waals surface area contributed by atoms with Gasteiger partial charge >= 0.3 is 11.8 Å². The highest BCUT2D eigenvalue weighted by molar-refractivity contribution is 9.10. The van der Waals surface area contributed by atoms with Crippen LogP contribution in [0.2, 0.25) is 5.02 Å². The van der Waals surface area contributed by atoms with E-state index in [1.807, 2.05) is 0 Å². The van der Waals surface area contributed by atoms with E-state index >= 15 is 0 Å². The summed E-state index contributed by atoms with van der Waals surface area (Å²) in [6.07, 6.45) is 1.18. The first kappa shape index (κ1) is 23.7. The quantitative estimate of drug-likeness (QED) is 0.241. The SMILES string of the molecule is O=C(N/N=C/c1ccc(CNS(=O)(=O)c2ccc(Cl)cc2)o1)C(=O)Nc1ccccc1Br. The first-order valence-corrected chi connectivity index (χ1v) is 11.6. The van der Waals surface area contributed by atoms with Crippen LogP contribution in [-0.2, 0) is 26.2 Å². The summed E-state index contributed by atoms with van der Waals surface area (Å²) in [6, 6.07) is 15.6. The molecule has 0 spiro atoms. The molecule has 0 atom stereocenters. The number of sulfonamides is 1. The first-order chi connectivity index (χ1) is 15.2. The van der Waals surface area contributed by atoms with E-state index in [2.05, 4.69) is 36.5 Å². The van der Waals surface area contributed by atoms with Gasteiger partial charge in [0.15, 0.2) is 0 Å². The highest BCUT2D eigenvalue weighted by atomic mass is 79.9. The van der Waals surface area contributed by atoms with Crippen LogP contribution in [0.1, 0.15) is 11.5 Å². The van der Waals surface area contributed by atoms with Crippen molar-refractivity contribution in [2.24, 2.45) is 5.10 Å². The van der Waals surface area contributed by atoms with Gasteiger partial charge in [0.1, 0.15) is 11.5 Å². The van der Waals surface area contributed by atoms with Gasteiger partial charge in [-0.15, -0.1) is 0 Å². The van der Waals surface area contributed by atoms with Gasteiger partial charge in [0.2, 0.25) is 10.0 Å². The minimum Gasteiger partial charge on any atom is -0.459 e. The number of para-hydroxylation sites is 1. The average molecular weight is 540 g/mol. The van der Waals surface area contributed by atoms with E-state index in [-0.39, 0.29) is 17.2 Å². The lowest BCUT2D eigenvalue weighted by atomic mass is 10.3. The fourth-order valence-electron chi connectivity index (χ4n) is 2.37. The number of carbonyl (C=O) groups excluding carboxylic acids is 2. The second kappa shape index (κ2) is 10.6. The van der Waals surface area contributed by atoms with Crippen molar-refractivity contribution in [1.82, 2.24) is 10.1 Å². The van der Waals surface area contributed by atoms with E-state index in [0.29, 0.717) is 20.9 Å². The zero-order chi connectivity index (χ0) is 23.1. The molecule has 0 aliphatic carbocycles. The second-order valence-electron chi connectivity index (χ2n) is 6.22. The molecule has 166 valence electrons. The van der Waals surface area contributed by atoms with Crippen molar-refractivity contribution >= 4 is 61.3 Å². The maximum absolute atomic E-state index is 12.3. The fraction of sp³-hybridized carbons (Fsp3) is 0.0500. The summed E-state index contributed by atoms with van der Waals surface area (Å²) in [6.45, 7) is -0.0977. The number of rotatable bonds is 7. The third-order valence-corrected chi connectivity index (χ3v) is 6.29. The molecule has 2 amide bonds. The molecule has 12 heteroatoms. The van der Waals surface area contributed by atoms with E-state index < -0.39 is 21.8 Å². The van der Waals surface area contributed by atoms with Crippen LogP contribution in [0.25, 0.3) is 0 Å². The number of hydrogen-bond acceptors (Lipinski definition) is 6. The maximum atomic E-state index is 12.3. The van der Waals surface area contributed by atoms with E-state index in [0.717, 1.165) is 0 Å². The van der Waals surface area contributed by atoms with Crippen LogP contribution >= 0.6 is 27.5 Å². The van der Waals surface area contributed by atoms with Gasteiger partial charge in [0, 0.05) is 9.50 Å². The summed E-state index contributed by atoms with van der Waals surface area (Å²) in [5, 5.41) is 6.53. The van der Waals surface area contributed by atoms with Gasteiger partial charge in [-0.05, 0) is 64.5 Å². The lowest BCUT2D eigenvalue weighted by Gasteiger charge is -2.05. The summed E-state index contributed by atoms with van der Waals surface area (Å²) in [5.74, 6) is -1.30. The molecule has 3 rings (SSSR count). The maximum Gasteiger partial charge on any atom is 0.329 e. The lowest BCUT2D eigenvalue weighted by Crippen LogP contribution is -2.32. The Labute approximate surface area is 197 Å². The van der Waals surface area contributed by atoms with Crippen LogP contribution in [0.3, 0.4) is 0 Å². The molecule has 1 aromatic heterocycles. The number of anilines is 1. The highest BCUT2D eigenvalue weighted by Gasteiger charge is 2.15.